The Morgan fingerprint density at radius 3 is 2.60 bits per heavy atom. The third-order valence-electron chi connectivity index (χ3n) is 2.51. The maximum absolute atomic E-state index is 5.70. The third-order valence-corrected chi connectivity index (χ3v) is 2.51. The van der Waals surface area contributed by atoms with Gasteiger partial charge >= 0.3 is 0 Å². The van der Waals surface area contributed by atoms with E-state index in [1.807, 2.05) is 12.3 Å². The molecule has 0 saturated carbocycles. The topological polar surface area (TPSA) is 51.8 Å². The second-order valence-corrected chi connectivity index (χ2v) is 5.10. The van der Waals surface area contributed by atoms with Crippen molar-refractivity contribution >= 4 is 0 Å². The van der Waals surface area contributed by atoms with Crippen molar-refractivity contribution in [3.05, 3.63) is 23.8 Å². The molecule has 84 valence electrons. The summed E-state index contributed by atoms with van der Waals surface area (Å²) in [6.45, 7) is 9.21. The Labute approximate surface area is 92.1 Å². The maximum Gasteiger partial charge on any atom is 0.129 e. The predicted molar refractivity (Wildman–Crippen MR) is 62.7 cm³/mol. The largest absolute Gasteiger partial charge is 0.330 e. The number of hydrogen-bond acceptors (Lipinski definition) is 3. The first-order valence-electron chi connectivity index (χ1n) is 5.46. The fourth-order valence-electron chi connectivity index (χ4n) is 1.32. The van der Waals surface area contributed by atoms with Crippen LogP contribution in [0.5, 0.6) is 0 Å². The molecule has 0 radical (unpaired) electrons. The van der Waals surface area contributed by atoms with Crippen molar-refractivity contribution in [2.45, 2.75) is 40.0 Å². The van der Waals surface area contributed by atoms with E-state index in [2.05, 4.69) is 37.7 Å². The van der Waals surface area contributed by atoms with E-state index >= 15 is 0 Å². The molecule has 2 N–H and O–H groups in total. The van der Waals surface area contributed by atoms with Gasteiger partial charge in [0.25, 0.3) is 0 Å². The first-order chi connectivity index (χ1) is 6.94. The van der Waals surface area contributed by atoms with Crippen LogP contribution in [0.3, 0.4) is 0 Å². The van der Waals surface area contributed by atoms with Crippen molar-refractivity contribution in [3.8, 4) is 0 Å². The number of hydrogen-bond donors (Lipinski definition) is 1. The molecule has 0 aliphatic heterocycles. The van der Waals surface area contributed by atoms with Crippen LogP contribution >= 0.6 is 0 Å². The first-order valence-corrected chi connectivity index (χ1v) is 5.46. The number of aromatic nitrogens is 2. The summed E-state index contributed by atoms with van der Waals surface area (Å²) < 4.78 is 0. The molecule has 0 aliphatic carbocycles. The van der Waals surface area contributed by atoms with Gasteiger partial charge in [0.2, 0.25) is 0 Å². The summed E-state index contributed by atoms with van der Waals surface area (Å²) in [6.07, 6.45) is 2.67. The van der Waals surface area contributed by atoms with Crippen molar-refractivity contribution in [2.24, 2.45) is 11.1 Å². The summed E-state index contributed by atoms with van der Waals surface area (Å²) in [4.78, 5) is 8.83. The molecule has 0 bridgehead atoms. The van der Waals surface area contributed by atoms with Gasteiger partial charge in [-0.05, 0) is 23.9 Å². The molecule has 0 amide bonds. The normalized spacial score (nSPS) is 12.1. The number of nitrogens with two attached hydrogens (primary N) is 1. The van der Waals surface area contributed by atoms with Gasteiger partial charge in [-0.15, -0.1) is 0 Å². The van der Waals surface area contributed by atoms with Gasteiger partial charge in [0, 0.05) is 18.3 Å². The van der Waals surface area contributed by atoms with E-state index in [0.29, 0.717) is 12.5 Å². The Bertz CT molecular complexity index is 318. The van der Waals surface area contributed by atoms with Crippen LogP contribution in [0.25, 0.3) is 0 Å². The van der Waals surface area contributed by atoms with E-state index in [1.165, 1.54) is 0 Å². The van der Waals surface area contributed by atoms with E-state index in [0.717, 1.165) is 17.9 Å². The fraction of sp³-hybridized carbons (Fsp3) is 0.667. The third kappa shape index (κ3) is 3.59. The van der Waals surface area contributed by atoms with Crippen LogP contribution in [-0.2, 0) is 6.42 Å². The smallest absolute Gasteiger partial charge is 0.129 e. The summed E-state index contributed by atoms with van der Waals surface area (Å²) in [5, 5.41) is 0. The van der Waals surface area contributed by atoms with Gasteiger partial charge in [0.05, 0.1) is 0 Å². The van der Waals surface area contributed by atoms with E-state index < -0.39 is 0 Å². The lowest BCUT2D eigenvalue weighted by molar-refractivity contribution is 0.367. The zero-order valence-corrected chi connectivity index (χ0v) is 10.1. The highest BCUT2D eigenvalue weighted by atomic mass is 14.9. The summed E-state index contributed by atoms with van der Waals surface area (Å²) in [5.41, 5.74) is 6.88. The van der Waals surface area contributed by atoms with Crippen molar-refractivity contribution in [1.82, 2.24) is 9.97 Å². The van der Waals surface area contributed by atoms with Crippen LogP contribution < -0.4 is 5.73 Å². The summed E-state index contributed by atoms with van der Waals surface area (Å²) in [6, 6.07) is 1.98. The highest BCUT2D eigenvalue weighted by molar-refractivity contribution is 5.07. The van der Waals surface area contributed by atoms with Crippen molar-refractivity contribution in [2.75, 3.05) is 6.54 Å². The standard InChI is InChI=1S/C12H21N3/c1-9(2)10-5-6-14-11(15-10)7-12(3,4)8-13/h5-6,9H,7-8,13H2,1-4H3. The Balaban J connectivity index is 2.82. The Kier molecular flexibility index (Phi) is 3.80. The van der Waals surface area contributed by atoms with Gasteiger partial charge in [-0.1, -0.05) is 27.7 Å². The summed E-state index contributed by atoms with van der Waals surface area (Å²) >= 11 is 0. The van der Waals surface area contributed by atoms with Crippen molar-refractivity contribution in [1.29, 1.82) is 0 Å². The zero-order chi connectivity index (χ0) is 11.5. The lowest BCUT2D eigenvalue weighted by Gasteiger charge is -2.21. The highest BCUT2D eigenvalue weighted by Gasteiger charge is 2.18. The van der Waals surface area contributed by atoms with Gasteiger partial charge in [-0.3, -0.25) is 0 Å². The molecule has 3 heteroatoms. The average Bonchev–Trinajstić information content (AvgIpc) is 2.17. The molecule has 1 rings (SSSR count). The minimum atomic E-state index is 0.0790. The monoisotopic (exact) mass is 207 g/mol. The molecule has 0 aliphatic rings. The zero-order valence-electron chi connectivity index (χ0n) is 10.1. The molecule has 0 atom stereocenters. The number of nitrogens with zero attached hydrogens (tertiary/aromatic N) is 2. The summed E-state index contributed by atoms with van der Waals surface area (Å²) in [7, 11) is 0. The molecule has 0 saturated heterocycles. The average molecular weight is 207 g/mol. The molecule has 0 aromatic carbocycles. The van der Waals surface area contributed by atoms with Crippen molar-refractivity contribution in [3.63, 3.8) is 0 Å². The van der Waals surface area contributed by atoms with E-state index in [4.69, 9.17) is 5.73 Å². The van der Waals surface area contributed by atoms with Gasteiger partial charge in [-0.2, -0.15) is 0 Å². The molecule has 1 heterocycles. The fourth-order valence-corrected chi connectivity index (χ4v) is 1.32. The molecule has 0 fully saturated rings. The predicted octanol–water partition coefficient (Wildman–Crippen LogP) is 2.13. The highest BCUT2D eigenvalue weighted by Crippen LogP contribution is 2.19. The lowest BCUT2D eigenvalue weighted by atomic mass is 9.89. The Morgan fingerprint density at radius 2 is 2.07 bits per heavy atom. The molecule has 3 nitrogen and oxygen atoms in total. The minimum absolute atomic E-state index is 0.0790. The van der Waals surface area contributed by atoms with E-state index in [1.54, 1.807) is 0 Å². The van der Waals surface area contributed by atoms with E-state index in [-0.39, 0.29) is 5.41 Å². The summed E-state index contributed by atoms with van der Waals surface area (Å²) in [5.74, 6) is 1.35. The van der Waals surface area contributed by atoms with E-state index in [9.17, 15) is 0 Å². The van der Waals surface area contributed by atoms with Crippen LogP contribution in [0.4, 0.5) is 0 Å². The minimum Gasteiger partial charge on any atom is -0.330 e. The molecular formula is C12H21N3. The van der Waals surface area contributed by atoms with Crippen LogP contribution in [0.1, 0.15) is 45.1 Å². The van der Waals surface area contributed by atoms with Crippen LogP contribution in [0.15, 0.2) is 12.3 Å². The second-order valence-electron chi connectivity index (χ2n) is 5.10. The molecular weight excluding hydrogens is 186 g/mol. The second kappa shape index (κ2) is 4.71. The van der Waals surface area contributed by atoms with Gasteiger partial charge < -0.3 is 5.73 Å². The molecule has 0 spiro atoms. The maximum atomic E-state index is 5.70. The van der Waals surface area contributed by atoms with Gasteiger partial charge in [0.15, 0.2) is 0 Å². The quantitative estimate of drug-likeness (QED) is 0.823. The van der Waals surface area contributed by atoms with Crippen LogP contribution in [0, 0.1) is 5.41 Å². The Hall–Kier alpha value is -0.960. The van der Waals surface area contributed by atoms with Gasteiger partial charge in [-0.25, -0.2) is 9.97 Å². The lowest BCUT2D eigenvalue weighted by Crippen LogP contribution is -2.27. The van der Waals surface area contributed by atoms with Crippen molar-refractivity contribution < 1.29 is 0 Å². The van der Waals surface area contributed by atoms with Crippen LogP contribution in [-0.4, -0.2) is 16.5 Å². The molecule has 1 aromatic heterocycles. The van der Waals surface area contributed by atoms with Crippen LogP contribution in [0.2, 0.25) is 0 Å². The SMILES string of the molecule is CC(C)c1ccnc(CC(C)(C)CN)n1. The molecule has 15 heavy (non-hydrogen) atoms. The van der Waals surface area contributed by atoms with Gasteiger partial charge in [0.1, 0.15) is 5.82 Å². The molecule has 1 aromatic rings. The Morgan fingerprint density at radius 1 is 1.40 bits per heavy atom. The first kappa shape index (κ1) is 12.1. The molecule has 0 unspecified atom stereocenters. The number of rotatable bonds is 4.